The van der Waals surface area contributed by atoms with Crippen LogP contribution in [0.2, 0.25) is 0 Å². The van der Waals surface area contributed by atoms with Crippen molar-refractivity contribution in [3.8, 4) is 6.07 Å². The fourth-order valence-corrected chi connectivity index (χ4v) is 2.41. The van der Waals surface area contributed by atoms with E-state index in [9.17, 15) is 4.79 Å². The van der Waals surface area contributed by atoms with Crippen LogP contribution in [0.3, 0.4) is 0 Å². The van der Waals surface area contributed by atoms with Gasteiger partial charge >= 0.3 is 0 Å². The van der Waals surface area contributed by atoms with Crippen LogP contribution >= 0.6 is 0 Å². The van der Waals surface area contributed by atoms with Crippen LogP contribution in [0.5, 0.6) is 0 Å². The van der Waals surface area contributed by atoms with Crippen molar-refractivity contribution in [3.63, 3.8) is 0 Å². The molecule has 5 unspecified atom stereocenters. The molecule has 0 aromatic heterocycles. The van der Waals surface area contributed by atoms with E-state index >= 15 is 0 Å². The zero-order valence-electron chi connectivity index (χ0n) is 9.86. The van der Waals surface area contributed by atoms with E-state index in [1.807, 2.05) is 35.2 Å². The molecule has 1 aromatic rings. The highest BCUT2D eigenvalue weighted by molar-refractivity contribution is 5.83. The first kappa shape index (κ1) is 11.2. The molecule has 0 radical (unpaired) electrons. The summed E-state index contributed by atoms with van der Waals surface area (Å²) in [5.74, 6) is -0.286. The Kier molecular flexibility index (Phi) is 2.54. The van der Waals surface area contributed by atoms with Gasteiger partial charge in [-0.05, 0) is 5.56 Å². The molecule has 3 rings (SSSR count). The van der Waals surface area contributed by atoms with Gasteiger partial charge in [0.15, 0.2) is 0 Å². The molecular formula is C13H14N4O. The number of benzene rings is 1. The Hall–Kier alpha value is -1.90. The molecule has 2 fully saturated rings. The van der Waals surface area contributed by atoms with Crippen molar-refractivity contribution in [1.82, 2.24) is 9.80 Å². The van der Waals surface area contributed by atoms with Gasteiger partial charge in [0.1, 0.15) is 12.1 Å². The van der Waals surface area contributed by atoms with Gasteiger partial charge < -0.3 is 5.73 Å². The van der Waals surface area contributed by atoms with Crippen LogP contribution in [0.1, 0.15) is 11.7 Å². The van der Waals surface area contributed by atoms with Crippen molar-refractivity contribution in [2.24, 2.45) is 5.73 Å². The third kappa shape index (κ3) is 1.86. The zero-order valence-corrected chi connectivity index (χ0v) is 9.86. The monoisotopic (exact) mass is 242 g/mol. The smallest absolute Gasteiger partial charge is 0.236 e. The summed E-state index contributed by atoms with van der Waals surface area (Å²) in [6.45, 7) is 1.45. The fraction of sp³-hybridized carbons (Fsp3) is 0.385. The Bertz CT molecular complexity index is 509. The van der Waals surface area contributed by atoms with E-state index in [0.717, 1.165) is 12.1 Å². The molecule has 92 valence electrons. The molecule has 1 amide bonds. The minimum absolute atomic E-state index is 0.00773. The topological polar surface area (TPSA) is 72.9 Å². The third-order valence-electron chi connectivity index (χ3n) is 3.50. The number of hydrogen-bond acceptors (Lipinski definition) is 4. The minimum Gasteiger partial charge on any atom is -0.368 e. The average molecular weight is 242 g/mol. The number of carbonyl (C=O) groups is 1. The molecule has 2 heterocycles. The summed E-state index contributed by atoms with van der Waals surface area (Å²) >= 11 is 0. The van der Waals surface area contributed by atoms with Crippen LogP contribution in [0.25, 0.3) is 0 Å². The largest absolute Gasteiger partial charge is 0.368 e. The molecule has 5 nitrogen and oxygen atoms in total. The SMILES string of the molecule is N#CC1CN1C(c1ccccc1)N1CC1C(N)=O. The number of primary amides is 1. The number of nitriles is 1. The number of amides is 1. The summed E-state index contributed by atoms with van der Waals surface area (Å²) in [6, 6.07) is 12.0. The molecule has 0 spiro atoms. The first-order valence-electron chi connectivity index (χ1n) is 5.97. The number of hydrogen-bond donors (Lipinski definition) is 1. The number of rotatable bonds is 4. The molecule has 2 aliphatic rings. The predicted octanol–water partition coefficient (Wildman–Crippen LogP) is 0.0625. The van der Waals surface area contributed by atoms with Gasteiger partial charge in [-0.25, -0.2) is 0 Å². The van der Waals surface area contributed by atoms with Crippen LogP contribution in [0, 0.1) is 11.3 Å². The Morgan fingerprint density at radius 3 is 2.56 bits per heavy atom. The van der Waals surface area contributed by atoms with Crippen LogP contribution in [-0.4, -0.2) is 40.9 Å². The van der Waals surface area contributed by atoms with Crippen molar-refractivity contribution in [3.05, 3.63) is 35.9 Å². The maximum atomic E-state index is 11.2. The maximum Gasteiger partial charge on any atom is 0.236 e. The fourth-order valence-electron chi connectivity index (χ4n) is 2.41. The van der Waals surface area contributed by atoms with E-state index in [1.165, 1.54) is 0 Å². The van der Waals surface area contributed by atoms with Gasteiger partial charge in [0.05, 0.1) is 12.2 Å². The van der Waals surface area contributed by atoms with Gasteiger partial charge in [0.25, 0.3) is 0 Å². The summed E-state index contributed by atoms with van der Waals surface area (Å²) in [6.07, 6.45) is 0.00773. The van der Waals surface area contributed by atoms with Crippen molar-refractivity contribution >= 4 is 5.91 Å². The molecule has 5 heteroatoms. The van der Waals surface area contributed by atoms with Gasteiger partial charge in [-0.1, -0.05) is 30.3 Å². The highest BCUT2D eigenvalue weighted by Crippen LogP contribution is 2.40. The molecule has 18 heavy (non-hydrogen) atoms. The van der Waals surface area contributed by atoms with E-state index in [2.05, 4.69) is 11.0 Å². The van der Waals surface area contributed by atoms with Crippen LogP contribution in [0.15, 0.2) is 30.3 Å². The standard InChI is InChI=1S/C13H14N4O/c14-6-10-7-16(10)13(9-4-2-1-3-5-9)17-8-11(17)12(15)18/h1-5,10-11,13H,7-8H2,(H2,15,18). The van der Waals surface area contributed by atoms with Crippen molar-refractivity contribution < 1.29 is 4.79 Å². The second-order valence-electron chi connectivity index (χ2n) is 4.74. The third-order valence-corrected chi connectivity index (χ3v) is 3.50. The van der Waals surface area contributed by atoms with E-state index in [-0.39, 0.29) is 24.2 Å². The molecule has 5 atom stereocenters. The first-order chi connectivity index (χ1) is 8.72. The summed E-state index contributed by atoms with van der Waals surface area (Å²) in [4.78, 5) is 15.3. The van der Waals surface area contributed by atoms with E-state index in [0.29, 0.717) is 6.54 Å². The van der Waals surface area contributed by atoms with Gasteiger partial charge in [-0.3, -0.25) is 14.6 Å². The lowest BCUT2D eigenvalue weighted by Gasteiger charge is -2.20. The number of nitrogens with zero attached hydrogens (tertiary/aromatic N) is 3. The normalized spacial score (nSPS) is 34.4. The van der Waals surface area contributed by atoms with Crippen molar-refractivity contribution in [2.75, 3.05) is 13.1 Å². The van der Waals surface area contributed by atoms with Gasteiger partial charge in [0.2, 0.25) is 5.91 Å². The first-order valence-corrected chi connectivity index (χ1v) is 5.97. The molecule has 0 bridgehead atoms. The highest BCUT2D eigenvalue weighted by Gasteiger charge is 2.52. The molecule has 0 aliphatic carbocycles. The van der Waals surface area contributed by atoms with Crippen molar-refractivity contribution in [1.29, 1.82) is 5.26 Å². The second-order valence-corrected chi connectivity index (χ2v) is 4.74. The van der Waals surface area contributed by atoms with Gasteiger partial charge in [0, 0.05) is 13.1 Å². The Labute approximate surface area is 105 Å². The molecular weight excluding hydrogens is 228 g/mol. The van der Waals surface area contributed by atoms with Gasteiger partial charge in [-0.2, -0.15) is 5.26 Å². The average Bonchev–Trinajstić information content (AvgIpc) is 3.25. The Morgan fingerprint density at radius 2 is 2.06 bits per heavy atom. The number of nitrogens with two attached hydrogens (primary N) is 1. The van der Waals surface area contributed by atoms with Gasteiger partial charge in [-0.15, -0.1) is 0 Å². The van der Waals surface area contributed by atoms with Crippen LogP contribution < -0.4 is 5.73 Å². The second kappa shape index (κ2) is 4.09. The lowest BCUT2D eigenvalue weighted by atomic mass is 10.1. The lowest BCUT2D eigenvalue weighted by molar-refractivity contribution is -0.118. The van der Waals surface area contributed by atoms with Crippen LogP contribution in [-0.2, 0) is 4.79 Å². The maximum absolute atomic E-state index is 11.2. The summed E-state index contributed by atoms with van der Waals surface area (Å²) < 4.78 is 0. The molecule has 2 saturated heterocycles. The summed E-state index contributed by atoms with van der Waals surface area (Å²) in [5.41, 5.74) is 6.44. The zero-order chi connectivity index (χ0) is 12.7. The molecule has 2 N–H and O–H groups in total. The summed E-state index contributed by atoms with van der Waals surface area (Å²) in [5, 5.41) is 8.95. The molecule has 0 saturated carbocycles. The van der Waals surface area contributed by atoms with Crippen LogP contribution in [0.4, 0.5) is 0 Å². The molecule has 1 aromatic carbocycles. The van der Waals surface area contributed by atoms with E-state index in [4.69, 9.17) is 11.0 Å². The molecule has 2 aliphatic heterocycles. The Morgan fingerprint density at radius 1 is 1.33 bits per heavy atom. The Balaban J connectivity index is 1.83. The number of carbonyl (C=O) groups excluding carboxylic acids is 1. The van der Waals surface area contributed by atoms with E-state index in [1.54, 1.807) is 0 Å². The lowest BCUT2D eigenvalue weighted by Crippen LogP contribution is -2.27. The predicted molar refractivity (Wildman–Crippen MR) is 65.0 cm³/mol. The minimum atomic E-state index is -0.286. The highest BCUT2D eigenvalue weighted by atomic mass is 16.1. The summed E-state index contributed by atoms with van der Waals surface area (Å²) in [7, 11) is 0. The van der Waals surface area contributed by atoms with E-state index < -0.39 is 0 Å². The quantitative estimate of drug-likeness (QED) is 0.758. The van der Waals surface area contributed by atoms with Crippen molar-refractivity contribution in [2.45, 2.75) is 18.2 Å².